The molecule has 0 radical (unpaired) electrons. The van der Waals surface area contributed by atoms with Crippen molar-refractivity contribution >= 4 is 16.1 Å². The highest BCUT2D eigenvalue weighted by atomic mass is 32.2. The second-order valence-corrected chi connectivity index (χ2v) is 8.86. The fourth-order valence-electron chi connectivity index (χ4n) is 2.19. The van der Waals surface area contributed by atoms with Crippen LogP contribution in [0.4, 0.5) is 4.79 Å². The minimum Gasteiger partial charge on any atom is -0.497 e. The van der Waals surface area contributed by atoms with E-state index in [1.54, 1.807) is 33.8 Å². The van der Waals surface area contributed by atoms with Crippen LogP contribution in [0.1, 0.15) is 27.7 Å². The van der Waals surface area contributed by atoms with E-state index in [1.807, 2.05) is 0 Å². The van der Waals surface area contributed by atoms with Crippen LogP contribution in [0.3, 0.4) is 0 Å². The van der Waals surface area contributed by atoms with Crippen molar-refractivity contribution < 1.29 is 27.4 Å². The van der Waals surface area contributed by atoms with Gasteiger partial charge in [0.05, 0.1) is 14.2 Å². The maximum Gasteiger partial charge on any atom is 0.407 e. The molecule has 0 aliphatic rings. The van der Waals surface area contributed by atoms with Crippen LogP contribution in [-0.2, 0) is 14.8 Å². The van der Waals surface area contributed by atoms with Gasteiger partial charge in [0.1, 0.15) is 22.0 Å². The Morgan fingerprint density at radius 2 is 1.85 bits per heavy atom. The average Bonchev–Trinajstić information content (AvgIpc) is 2.51. The number of hydrogen-bond acceptors (Lipinski definition) is 6. The van der Waals surface area contributed by atoms with Gasteiger partial charge in [-0.15, -0.1) is 0 Å². The topological polar surface area (TPSA) is 94.2 Å². The summed E-state index contributed by atoms with van der Waals surface area (Å²) in [6.07, 6.45) is -0.602. The number of carbonyl (C=O) groups is 1. The number of carbonyl (C=O) groups excluding carboxylic acids is 1. The molecule has 148 valence electrons. The molecule has 1 atom stereocenters. The summed E-state index contributed by atoms with van der Waals surface area (Å²) in [7, 11) is 0.437. The number of nitrogens with zero attached hydrogens (tertiary/aromatic N) is 1. The quantitative estimate of drug-likeness (QED) is 0.770. The van der Waals surface area contributed by atoms with E-state index < -0.39 is 27.8 Å². The van der Waals surface area contributed by atoms with E-state index in [2.05, 4.69) is 5.32 Å². The van der Waals surface area contributed by atoms with Crippen LogP contribution in [0, 0.1) is 0 Å². The third-order valence-corrected chi connectivity index (χ3v) is 5.20. The van der Waals surface area contributed by atoms with Crippen LogP contribution in [-0.4, -0.2) is 58.3 Å². The number of amides is 1. The lowest BCUT2D eigenvalue weighted by Gasteiger charge is -2.25. The first-order valence-corrected chi connectivity index (χ1v) is 9.52. The van der Waals surface area contributed by atoms with Gasteiger partial charge in [0, 0.05) is 25.7 Å². The molecular weight excluding hydrogens is 360 g/mol. The van der Waals surface area contributed by atoms with Crippen molar-refractivity contribution in [3.05, 3.63) is 18.2 Å². The Bertz CT molecular complexity index is 727. The molecule has 1 N–H and O–H groups in total. The molecule has 1 aromatic rings. The Hall–Kier alpha value is -2.00. The van der Waals surface area contributed by atoms with Gasteiger partial charge < -0.3 is 19.5 Å². The molecule has 0 aromatic heterocycles. The molecule has 26 heavy (non-hydrogen) atoms. The molecule has 0 heterocycles. The highest BCUT2D eigenvalue weighted by molar-refractivity contribution is 7.89. The summed E-state index contributed by atoms with van der Waals surface area (Å²) < 4.78 is 42.3. The van der Waals surface area contributed by atoms with Crippen LogP contribution >= 0.6 is 0 Å². The second kappa shape index (κ2) is 8.59. The average molecular weight is 388 g/mol. The number of nitrogens with one attached hydrogen (secondary N) is 1. The van der Waals surface area contributed by atoms with Crippen molar-refractivity contribution in [2.24, 2.45) is 0 Å². The van der Waals surface area contributed by atoms with E-state index in [1.165, 1.54) is 33.4 Å². The molecule has 0 spiro atoms. The molecule has 9 heteroatoms. The molecule has 8 nitrogen and oxygen atoms in total. The predicted molar refractivity (Wildman–Crippen MR) is 98.2 cm³/mol. The maximum atomic E-state index is 12.9. The van der Waals surface area contributed by atoms with Crippen molar-refractivity contribution in [2.75, 3.05) is 27.8 Å². The number of benzene rings is 1. The summed E-state index contributed by atoms with van der Waals surface area (Å²) in [6, 6.07) is 4.09. The molecule has 1 aromatic carbocycles. The summed E-state index contributed by atoms with van der Waals surface area (Å²) in [5, 5.41) is 2.62. The number of sulfonamides is 1. The molecule has 1 rings (SSSR count). The zero-order valence-electron chi connectivity index (χ0n) is 16.3. The molecule has 0 bridgehead atoms. The van der Waals surface area contributed by atoms with Gasteiger partial charge in [-0.1, -0.05) is 0 Å². The second-order valence-electron chi connectivity index (χ2n) is 6.85. The summed E-state index contributed by atoms with van der Waals surface area (Å²) >= 11 is 0. The minimum atomic E-state index is -3.84. The number of alkyl carbamates (subject to hydrolysis) is 1. The summed E-state index contributed by atoms with van der Waals surface area (Å²) in [6.45, 7) is 7.01. The number of rotatable bonds is 7. The Morgan fingerprint density at radius 1 is 1.23 bits per heavy atom. The molecule has 0 fully saturated rings. The van der Waals surface area contributed by atoms with E-state index in [-0.39, 0.29) is 17.2 Å². The minimum absolute atomic E-state index is 0.00804. The Labute approximate surface area is 155 Å². The number of likely N-dealkylation sites (N-methyl/N-ethyl adjacent to an activating group) is 1. The molecule has 0 aliphatic heterocycles. The highest BCUT2D eigenvalue weighted by Gasteiger charge is 2.27. The maximum absolute atomic E-state index is 12.9. The van der Waals surface area contributed by atoms with Gasteiger partial charge in [-0.2, -0.15) is 4.31 Å². The fourth-order valence-corrected chi connectivity index (χ4v) is 3.62. The van der Waals surface area contributed by atoms with Gasteiger partial charge in [0.2, 0.25) is 10.0 Å². The van der Waals surface area contributed by atoms with Crippen LogP contribution < -0.4 is 14.8 Å². The predicted octanol–water partition coefficient (Wildman–Crippen LogP) is 2.24. The van der Waals surface area contributed by atoms with Gasteiger partial charge in [-0.05, 0) is 39.8 Å². The third kappa shape index (κ3) is 6.06. The van der Waals surface area contributed by atoms with Crippen molar-refractivity contribution in [3.63, 3.8) is 0 Å². The fraction of sp³-hybridized carbons (Fsp3) is 0.588. The first-order chi connectivity index (χ1) is 11.9. The van der Waals surface area contributed by atoms with Crippen LogP contribution in [0.2, 0.25) is 0 Å². The first-order valence-electron chi connectivity index (χ1n) is 8.08. The lowest BCUT2D eigenvalue weighted by molar-refractivity contribution is 0.0504. The zero-order valence-corrected chi connectivity index (χ0v) is 17.1. The van der Waals surface area contributed by atoms with Crippen molar-refractivity contribution in [3.8, 4) is 11.5 Å². The molecule has 1 amide bonds. The van der Waals surface area contributed by atoms with Gasteiger partial charge in [0.15, 0.2) is 0 Å². The van der Waals surface area contributed by atoms with Crippen LogP contribution in [0.15, 0.2) is 23.1 Å². The van der Waals surface area contributed by atoms with E-state index in [0.717, 1.165) is 4.31 Å². The van der Waals surface area contributed by atoms with Gasteiger partial charge in [-0.25, -0.2) is 13.2 Å². The van der Waals surface area contributed by atoms with E-state index >= 15 is 0 Å². The van der Waals surface area contributed by atoms with Crippen molar-refractivity contribution in [1.29, 1.82) is 0 Å². The third-order valence-electron chi connectivity index (χ3n) is 3.35. The van der Waals surface area contributed by atoms with Crippen LogP contribution in [0.5, 0.6) is 11.5 Å². The molecule has 0 saturated carbocycles. The van der Waals surface area contributed by atoms with Crippen molar-refractivity contribution in [1.82, 2.24) is 9.62 Å². The summed E-state index contributed by atoms with van der Waals surface area (Å²) in [5.74, 6) is 0.614. The molecular formula is C17H28N2O6S. The SMILES string of the molecule is COc1ccc(OC)c(S(=O)(=O)N(C)C[C@@H](C)NC(=O)OC(C)(C)C)c1. The molecule has 0 saturated heterocycles. The summed E-state index contributed by atoms with van der Waals surface area (Å²) in [5.41, 5.74) is -0.629. The zero-order chi connectivity index (χ0) is 20.1. The standard InChI is InChI=1S/C17H28N2O6S/c1-12(18-16(20)25-17(2,3)4)11-19(5)26(21,22)15-10-13(23-6)8-9-14(15)24-7/h8-10,12H,11H2,1-7H3,(H,18,20)/t12-/m1/s1. The highest BCUT2D eigenvalue weighted by Crippen LogP contribution is 2.30. The van der Waals surface area contributed by atoms with E-state index in [9.17, 15) is 13.2 Å². The van der Waals surface area contributed by atoms with E-state index in [4.69, 9.17) is 14.2 Å². The van der Waals surface area contributed by atoms with Gasteiger partial charge in [0.25, 0.3) is 0 Å². The number of methoxy groups -OCH3 is 2. The smallest absolute Gasteiger partial charge is 0.407 e. The lowest BCUT2D eigenvalue weighted by atomic mass is 10.2. The van der Waals surface area contributed by atoms with Crippen LogP contribution in [0.25, 0.3) is 0 Å². The number of ether oxygens (including phenoxy) is 3. The Balaban J connectivity index is 2.92. The Kier molecular flexibility index (Phi) is 7.28. The summed E-state index contributed by atoms with van der Waals surface area (Å²) in [4.78, 5) is 11.8. The molecule has 0 unspecified atom stereocenters. The largest absolute Gasteiger partial charge is 0.497 e. The first kappa shape index (κ1) is 22.0. The lowest BCUT2D eigenvalue weighted by Crippen LogP contribution is -2.44. The van der Waals surface area contributed by atoms with E-state index in [0.29, 0.717) is 5.75 Å². The molecule has 0 aliphatic carbocycles. The monoisotopic (exact) mass is 388 g/mol. The normalized spacial score (nSPS) is 13.2. The van der Waals surface area contributed by atoms with Crippen molar-refractivity contribution in [2.45, 2.75) is 44.2 Å². The number of hydrogen-bond donors (Lipinski definition) is 1. The van der Waals surface area contributed by atoms with Gasteiger partial charge in [-0.3, -0.25) is 0 Å². The Morgan fingerprint density at radius 3 is 2.35 bits per heavy atom. The van der Waals surface area contributed by atoms with Gasteiger partial charge >= 0.3 is 6.09 Å².